The lowest BCUT2D eigenvalue weighted by Gasteiger charge is -2.26. The average molecular weight is 191 g/mol. The Morgan fingerprint density at radius 3 is 2.29 bits per heavy atom. The molecule has 0 fully saturated rings. The minimum Gasteiger partial charge on any atom is -0.371 e. The smallest absolute Gasteiger partial charge is 0.0366 e. The average Bonchev–Trinajstić information content (AvgIpc) is 2.18. The van der Waals surface area contributed by atoms with Crippen LogP contribution in [0.3, 0.4) is 0 Å². The Morgan fingerprint density at radius 1 is 1.14 bits per heavy atom. The van der Waals surface area contributed by atoms with E-state index in [1.165, 1.54) is 12.1 Å². The summed E-state index contributed by atoms with van der Waals surface area (Å²) in [6, 6.07) is 10.7. The minimum atomic E-state index is 0.724. The van der Waals surface area contributed by atoms with Crippen LogP contribution in [0.25, 0.3) is 0 Å². The summed E-state index contributed by atoms with van der Waals surface area (Å²) in [6.07, 6.45) is 1.21. The third kappa shape index (κ3) is 3.41. The van der Waals surface area contributed by atoms with Gasteiger partial charge in [-0.25, -0.2) is 0 Å². The molecule has 0 atom stereocenters. The predicted molar refractivity (Wildman–Crippen MR) is 63.8 cm³/mol. The largest absolute Gasteiger partial charge is 0.371 e. The van der Waals surface area contributed by atoms with Crippen molar-refractivity contribution in [3.8, 4) is 0 Å². The van der Waals surface area contributed by atoms with Gasteiger partial charge in [-0.15, -0.1) is 0 Å². The molecule has 0 aliphatic heterocycles. The van der Waals surface area contributed by atoms with E-state index >= 15 is 0 Å². The highest BCUT2D eigenvalue weighted by molar-refractivity contribution is 5.45. The van der Waals surface area contributed by atoms with Gasteiger partial charge in [0, 0.05) is 18.8 Å². The molecule has 78 valence electrons. The van der Waals surface area contributed by atoms with Crippen LogP contribution in [-0.2, 0) is 0 Å². The lowest BCUT2D eigenvalue weighted by atomic mass is 10.2. The van der Waals surface area contributed by atoms with E-state index in [9.17, 15) is 0 Å². The van der Waals surface area contributed by atoms with Gasteiger partial charge in [-0.3, -0.25) is 0 Å². The van der Waals surface area contributed by atoms with Crippen molar-refractivity contribution in [1.82, 2.24) is 0 Å². The molecule has 0 saturated carbocycles. The first kappa shape index (κ1) is 11.1. The van der Waals surface area contributed by atoms with Gasteiger partial charge in [-0.2, -0.15) is 0 Å². The SMILES string of the molecule is CCCN(CC(C)C)c1ccccc1. The molecule has 0 saturated heterocycles. The van der Waals surface area contributed by atoms with Gasteiger partial charge in [0.1, 0.15) is 0 Å². The van der Waals surface area contributed by atoms with Crippen LogP contribution in [0, 0.1) is 5.92 Å². The number of para-hydroxylation sites is 1. The van der Waals surface area contributed by atoms with Gasteiger partial charge < -0.3 is 4.90 Å². The molecule has 0 amide bonds. The molecule has 1 rings (SSSR count). The summed E-state index contributed by atoms with van der Waals surface area (Å²) in [6.45, 7) is 9.08. The first-order valence-electron chi connectivity index (χ1n) is 5.54. The molecule has 0 aromatic heterocycles. The summed E-state index contributed by atoms with van der Waals surface area (Å²) >= 11 is 0. The third-order valence-corrected chi connectivity index (χ3v) is 2.20. The summed E-state index contributed by atoms with van der Waals surface area (Å²) in [5.74, 6) is 0.724. The maximum absolute atomic E-state index is 2.46. The standard InChI is InChI=1S/C13H21N/c1-4-10-14(11-12(2)3)13-8-6-5-7-9-13/h5-9,12H,4,10-11H2,1-3H3. The molecule has 0 spiro atoms. The molecule has 1 heteroatoms. The van der Waals surface area contributed by atoms with Crippen molar-refractivity contribution in [2.75, 3.05) is 18.0 Å². The number of nitrogens with zero attached hydrogens (tertiary/aromatic N) is 1. The maximum Gasteiger partial charge on any atom is 0.0366 e. The monoisotopic (exact) mass is 191 g/mol. The Balaban J connectivity index is 2.67. The van der Waals surface area contributed by atoms with Crippen molar-refractivity contribution in [1.29, 1.82) is 0 Å². The molecule has 0 bridgehead atoms. The van der Waals surface area contributed by atoms with Crippen molar-refractivity contribution in [3.05, 3.63) is 30.3 Å². The number of hydrogen-bond acceptors (Lipinski definition) is 1. The molecule has 0 N–H and O–H groups in total. The van der Waals surface area contributed by atoms with E-state index in [0.717, 1.165) is 19.0 Å². The summed E-state index contributed by atoms with van der Waals surface area (Å²) in [4.78, 5) is 2.46. The third-order valence-electron chi connectivity index (χ3n) is 2.20. The maximum atomic E-state index is 2.46. The Hall–Kier alpha value is -0.980. The number of anilines is 1. The molecule has 1 aromatic rings. The Labute approximate surface area is 87.7 Å². The molecule has 0 unspecified atom stereocenters. The Morgan fingerprint density at radius 2 is 1.79 bits per heavy atom. The second-order valence-electron chi connectivity index (χ2n) is 4.18. The van der Waals surface area contributed by atoms with Gasteiger partial charge in [-0.1, -0.05) is 39.0 Å². The van der Waals surface area contributed by atoms with Crippen LogP contribution in [0.15, 0.2) is 30.3 Å². The van der Waals surface area contributed by atoms with Crippen LogP contribution in [-0.4, -0.2) is 13.1 Å². The highest BCUT2D eigenvalue weighted by Gasteiger charge is 2.06. The van der Waals surface area contributed by atoms with Crippen molar-refractivity contribution < 1.29 is 0 Å². The fourth-order valence-electron chi connectivity index (χ4n) is 1.68. The summed E-state index contributed by atoms with van der Waals surface area (Å²) in [5, 5.41) is 0. The second-order valence-corrected chi connectivity index (χ2v) is 4.18. The second kappa shape index (κ2) is 5.69. The zero-order chi connectivity index (χ0) is 10.4. The summed E-state index contributed by atoms with van der Waals surface area (Å²) in [7, 11) is 0. The van der Waals surface area contributed by atoms with Crippen LogP contribution >= 0.6 is 0 Å². The van der Waals surface area contributed by atoms with Crippen molar-refractivity contribution in [2.24, 2.45) is 5.92 Å². The van der Waals surface area contributed by atoms with Crippen LogP contribution in [0.2, 0.25) is 0 Å². The van der Waals surface area contributed by atoms with Crippen LogP contribution in [0.4, 0.5) is 5.69 Å². The quantitative estimate of drug-likeness (QED) is 0.688. The van der Waals surface area contributed by atoms with Crippen LogP contribution < -0.4 is 4.90 Å². The van der Waals surface area contributed by atoms with Gasteiger partial charge in [0.25, 0.3) is 0 Å². The highest BCUT2D eigenvalue weighted by Crippen LogP contribution is 2.15. The predicted octanol–water partition coefficient (Wildman–Crippen LogP) is 3.56. The van der Waals surface area contributed by atoms with E-state index in [1.54, 1.807) is 0 Å². The molecule has 14 heavy (non-hydrogen) atoms. The first-order valence-corrected chi connectivity index (χ1v) is 5.54. The zero-order valence-corrected chi connectivity index (χ0v) is 9.53. The molecular formula is C13H21N. The van der Waals surface area contributed by atoms with Crippen molar-refractivity contribution in [2.45, 2.75) is 27.2 Å². The molecule has 0 radical (unpaired) electrons. The minimum absolute atomic E-state index is 0.724. The fraction of sp³-hybridized carbons (Fsp3) is 0.538. The first-order chi connectivity index (χ1) is 6.74. The van der Waals surface area contributed by atoms with Gasteiger partial charge >= 0.3 is 0 Å². The molecule has 0 aliphatic carbocycles. The number of rotatable bonds is 5. The molecular weight excluding hydrogens is 170 g/mol. The molecule has 1 aromatic carbocycles. The van der Waals surface area contributed by atoms with Crippen LogP contribution in [0.1, 0.15) is 27.2 Å². The van der Waals surface area contributed by atoms with Gasteiger partial charge in [0.15, 0.2) is 0 Å². The Kier molecular flexibility index (Phi) is 4.51. The van der Waals surface area contributed by atoms with E-state index in [4.69, 9.17) is 0 Å². The van der Waals surface area contributed by atoms with E-state index in [2.05, 4.69) is 56.0 Å². The van der Waals surface area contributed by atoms with Gasteiger partial charge in [0.05, 0.1) is 0 Å². The van der Waals surface area contributed by atoms with E-state index in [0.29, 0.717) is 0 Å². The van der Waals surface area contributed by atoms with Crippen molar-refractivity contribution in [3.63, 3.8) is 0 Å². The lowest BCUT2D eigenvalue weighted by Crippen LogP contribution is -2.28. The van der Waals surface area contributed by atoms with E-state index in [1.807, 2.05) is 0 Å². The Bertz CT molecular complexity index is 241. The zero-order valence-electron chi connectivity index (χ0n) is 9.53. The van der Waals surface area contributed by atoms with Crippen LogP contribution in [0.5, 0.6) is 0 Å². The highest BCUT2D eigenvalue weighted by atomic mass is 15.1. The molecule has 0 heterocycles. The number of benzene rings is 1. The molecule has 1 nitrogen and oxygen atoms in total. The lowest BCUT2D eigenvalue weighted by molar-refractivity contribution is 0.606. The summed E-state index contributed by atoms with van der Waals surface area (Å²) < 4.78 is 0. The topological polar surface area (TPSA) is 3.24 Å². The van der Waals surface area contributed by atoms with Crippen molar-refractivity contribution >= 4 is 5.69 Å². The van der Waals surface area contributed by atoms with Gasteiger partial charge in [-0.05, 0) is 24.5 Å². The van der Waals surface area contributed by atoms with E-state index in [-0.39, 0.29) is 0 Å². The van der Waals surface area contributed by atoms with Gasteiger partial charge in [0.2, 0.25) is 0 Å². The molecule has 0 aliphatic rings. The summed E-state index contributed by atoms with van der Waals surface area (Å²) in [5.41, 5.74) is 1.35. The fourth-order valence-corrected chi connectivity index (χ4v) is 1.68. The van der Waals surface area contributed by atoms with E-state index < -0.39 is 0 Å². The normalized spacial score (nSPS) is 10.6. The number of hydrogen-bond donors (Lipinski definition) is 0.